The number of nitrogens with zero attached hydrogens (tertiary/aromatic N) is 2. The lowest BCUT2D eigenvalue weighted by Crippen LogP contribution is -2.41. The largest absolute Gasteiger partial charge is 0.464 e. The molecular formula is C25H29F3N2O5. The van der Waals surface area contributed by atoms with Gasteiger partial charge in [-0.25, -0.2) is 4.79 Å². The van der Waals surface area contributed by atoms with Gasteiger partial charge in [-0.05, 0) is 63.4 Å². The van der Waals surface area contributed by atoms with E-state index in [1.54, 1.807) is 18.4 Å². The molecule has 0 spiro atoms. The molecule has 1 aromatic carbocycles. The van der Waals surface area contributed by atoms with E-state index in [9.17, 15) is 27.6 Å². The lowest BCUT2D eigenvalue weighted by atomic mass is 10.0. The molecule has 2 heterocycles. The van der Waals surface area contributed by atoms with Crippen LogP contribution in [0.2, 0.25) is 0 Å². The fraction of sp³-hybridized carbons (Fsp3) is 0.480. The van der Waals surface area contributed by atoms with E-state index in [4.69, 9.17) is 9.47 Å². The van der Waals surface area contributed by atoms with Gasteiger partial charge in [-0.15, -0.1) is 0 Å². The molecule has 1 fully saturated rings. The Balaban J connectivity index is 1.93. The summed E-state index contributed by atoms with van der Waals surface area (Å²) in [6.07, 6.45) is -3.26. The molecule has 7 nitrogen and oxygen atoms in total. The Morgan fingerprint density at radius 1 is 1.17 bits per heavy atom. The third-order valence-corrected chi connectivity index (χ3v) is 6.27. The van der Waals surface area contributed by atoms with Crippen LogP contribution in [0.25, 0.3) is 0 Å². The Morgan fingerprint density at radius 2 is 1.83 bits per heavy atom. The Labute approximate surface area is 201 Å². The average molecular weight is 495 g/mol. The highest BCUT2D eigenvalue weighted by Gasteiger charge is 2.32. The first-order valence-electron chi connectivity index (χ1n) is 11.4. The molecule has 35 heavy (non-hydrogen) atoms. The Bertz CT molecular complexity index is 1100. The maximum Gasteiger partial charge on any atom is 0.416 e. The summed E-state index contributed by atoms with van der Waals surface area (Å²) in [4.78, 5) is 40.3. The monoisotopic (exact) mass is 494 g/mol. The molecule has 1 aromatic heterocycles. The number of Topliss-reactive ketones (excluding diaryl/α,β-unsaturated/α-hetero) is 1. The second-order valence-corrected chi connectivity index (χ2v) is 8.49. The van der Waals surface area contributed by atoms with Gasteiger partial charge in [-0.3, -0.25) is 9.59 Å². The molecule has 1 aliphatic heterocycles. The first kappa shape index (κ1) is 26.5. The molecule has 1 unspecified atom stereocenters. The number of alkyl halides is 3. The van der Waals surface area contributed by atoms with E-state index in [0.29, 0.717) is 36.4 Å². The van der Waals surface area contributed by atoms with Crippen LogP contribution in [-0.2, 0) is 22.2 Å². The number of halogens is 3. The van der Waals surface area contributed by atoms with Crippen LogP contribution in [0.3, 0.4) is 0 Å². The maximum atomic E-state index is 13.4. The lowest BCUT2D eigenvalue weighted by molar-refractivity contribution is -0.137. The molecule has 190 valence electrons. The van der Waals surface area contributed by atoms with Crippen molar-refractivity contribution in [2.45, 2.75) is 52.4 Å². The Hall–Kier alpha value is -3.14. The molecule has 0 bridgehead atoms. The van der Waals surface area contributed by atoms with Gasteiger partial charge < -0.3 is 18.9 Å². The van der Waals surface area contributed by atoms with Crippen LogP contribution in [0, 0.1) is 13.8 Å². The minimum atomic E-state index is -4.52. The van der Waals surface area contributed by atoms with Crippen molar-refractivity contribution in [1.29, 1.82) is 0 Å². The van der Waals surface area contributed by atoms with E-state index < -0.39 is 23.6 Å². The molecule has 10 heteroatoms. The third-order valence-electron chi connectivity index (χ3n) is 6.27. The Kier molecular flexibility index (Phi) is 8.04. The van der Waals surface area contributed by atoms with Crippen molar-refractivity contribution < 1.29 is 37.0 Å². The van der Waals surface area contributed by atoms with Gasteiger partial charge in [0.1, 0.15) is 5.69 Å². The lowest BCUT2D eigenvalue weighted by Gasteiger charge is -2.25. The number of ketones is 1. The van der Waals surface area contributed by atoms with Crippen LogP contribution in [0.4, 0.5) is 13.2 Å². The topological polar surface area (TPSA) is 77.8 Å². The van der Waals surface area contributed by atoms with E-state index in [-0.39, 0.29) is 36.2 Å². The molecule has 1 atom stereocenters. The summed E-state index contributed by atoms with van der Waals surface area (Å²) in [6.45, 7) is 6.01. The number of rotatable bonds is 8. The van der Waals surface area contributed by atoms with E-state index in [1.807, 2.05) is 6.92 Å². The van der Waals surface area contributed by atoms with Gasteiger partial charge in [0.25, 0.3) is 5.91 Å². The molecule has 2 aromatic rings. The summed E-state index contributed by atoms with van der Waals surface area (Å²) >= 11 is 0. The van der Waals surface area contributed by atoms with Crippen molar-refractivity contribution in [3.8, 4) is 0 Å². The number of benzene rings is 1. The predicted octanol–water partition coefficient (Wildman–Crippen LogP) is 4.43. The maximum absolute atomic E-state index is 13.4. The molecular weight excluding hydrogens is 465 g/mol. The summed E-state index contributed by atoms with van der Waals surface area (Å²) in [7, 11) is 1.26. The number of hydrogen-bond donors (Lipinski definition) is 0. The molecule has 0 saturated carbocycles. The summed E-state index contributed by atoms with van der Waals surface area (Å²) in [5, 5.41) is 0. The molecule has 0 radical (unpaired) electrons. The number of aromatic nitrogens is 1. The van der Waals surface area contributed by atoms with E-state index in [1.165, 1.54) is 12.0 Å². The van der Waals surface area contributed by atoms with Gasteiger partial charge in [0, 0.05) is 36.5 Å². The van der Waals surface area contributed by atoms with Crippen LogP contribution in [-0.4, -0.2) is 60.0 Å². The first-order chi connectivity index (χ1) is 16.5. The number of hydrogen-bond acceptors (Lipinski definition) is 5. The number of carbonyl (C=O) groups is 3. The van der Waals surface area contributed by atoms with Gasteiger partial charge >= 0.3 is 12.1 Å². The van der Waals surface area contributed by atoms with Crippen molar-refractivity contribution in [3.63, 3.8) is 0 Å². The highest BCUT2D eigenvalue weighted by molar-refractivity contribution is 6.06. The second kappa shape index (κ2) is 10.6. The fourth-order valence-corrected chi connectivity index (χ4v) is 4.55. The van der Waals surface area contributed by atoms with Crippen LogP contribution in [0.5, 0.6) is 0 Å². The van der Waals surface area contributed by atoms with Gasteiger partial charge in [0.2, 0.25) is 0 Å². The molecule has 1 saturated heterocycles. The van der Waals surface area contributed by atoms with Crippen molar-refractivity contribution in [2.24, 2.45) is 0 Å². The second-order valence-electron chi connectivity index (χ2n) is 8.49. The van der Waals surface area contributed by atoms with Crippen molar-refractivity contribution in [3.05, 3.63) is 57.9 Å². The zero-order valence-electron chi connectivity index (χ0n) is 20.2. The van der Waals surface area contributed by atoms with Crippen LogP contribution in [0.15, 0.2) is 24.3 Å². The van der Waals surface area contributed by atoms with Gasteiger partial charge in [-0.1, -0.05) is 0 Å². The molecule has 0 aliphatic carbocycles. The minimum Gasteiger partial charge on any atom is -0.464 e. The number of amides is 1. The van der Waals surface area contributed by atoms with Gasteiger partial charge in [-0.2, -0.15) is 13.2 Å². The fourth-order valence-electron chi connectivity index (χ4n) is 4.55. The average Bonchev–Trinajstić information content (AvgIpc) is 3.42. The smallest absolute Gasteiger partial charge is 0.416 e. The SMILES string of the molecule is CCn1c(C)c(C(=O)CN(CC2CCCO2)C(=O)c2ccc(C(F)(F)F)cc2)c(C)c1C(=O)OC. The number of methoxy groups -OCH3 is 1. The zero-order valence-corrected chi connectivity index (χ0v) is 20.2. The van der Waals surface area contributed by atoms with E-state index in [2.05, 4.69) is 0 Å². The van der Waals surface area contributed by atoms with Crippen LogP contribution in [0.1, 0.15) is 67.8 Å². The van der Waals surface area contributed by atoms with Gasteiger partial charge in [0.15, 0.2) is 5.78 Å². The predicted molar refractivity (Wildman–Crippen MR) is 122 cm³/mol. The standard InChI is InChI=1S/C25H29F3N2O5/c1-5-30-16(3)21(15(2)22(30)24(33)34-4)20(31)14-29(13-19-7-6-12-35-19)23(32)17-8-10-18(11-9-17)25(26,27)28/h8-11,19H,5-7,12-14H2,1-4H3. The van der Waals surface area contributed by atoms with Crippen molar-refractivity contribution in [1.82, 2.24) is 9.47 Å². The van der Waals surface area contributed by atoms with Crippen molar-refractivity contribution in [2.75, 3.05) is 26.8 Å². The molecule has 0 N–H and O–H groups in total. The third kappa shape index (κ3) is 5.58. The zero-order chi connectivity index (χ0) is 25.9. The van der Waals surface area contributed by atoms with Crippen molar-refractivity contribution >= 4 is 17.7 Å². The number of esters is 1. The van der Waals surface area contributed by atoms with E-state index in [0.717, 1.165) is 30.7 Å². The van der Waals surface area contributed by atoms with E-state index >= 15 is 0 Å². The number of ether oxygens (including phenoxy) is 2. The first-order valence-corrected chi connectivity index (χ1v) is 11.4. The minimum absolute atomic E-state index is 0.0404. The van der Waals surface area contributed by atoms with Gasteiger partial charge in [0.05, 0.1) is 25.3 Å². The molecule has 1 amide bonds. The van der Waals surface area contributed by atoms with Crippen LogP contribution >= 0.6 is 0 Å². The Morgan fingerprint density at radius 3 is 2.34 bits per heavy atom. The van der Waals surface area contributed by atoms with Crippen LogP contribution < -0.4 is 0 Å². The number of carbonyl (C=O) groups excluding carboxylic acids is 3. The summed E-state index contributed by atoms with van der Waals surface area (Å²) in [6, 6.07) is 3.91. The normalized spacial score (nSPS) is 15.8. The quantitative estimate of drug-likeness (QED) is 0.401. The highest BCUT2D eigenvalue weighted by Crippen LogP contribution is 2.29. The summed E-state index contributed by atoms with van der Waals surface area (Å²) < 4.78 is 51.0. The molecule has 1 aliphatic rings. The molecule has 3 rings (SSSR count). The summed E-state index contributed by atoms with van der Waals surface area (Å²) in [5.41, 5.74) is 0.812. The summed E-state index contributed by atoms with van der Waals surface area (Å²) in [5.74, 6) is -1.51. The highest BCUT2D eigenvalue weighted by atomic mass is 19.4.